The van der Waals surface area contributed by atoms with Crippen molar-refractivity contribution in [2.45, 2.75) is 6.92 Å². The molecule has 6 nitrogen and oxygen atoms in total. The summed E-state index contributed by atoms with van der Waals surface area (Å²) in [7, 11) is 0. The highest BCUT2D eigenvalue weighted by Gasteiger charge is 2.14. The van der Waals surface area contributed by atoms with E-state index in [1.165, 1.54) is 6.07 Å². The zero-order valence-corrected chi connectivity index (χ0v) is 15.6. The lowest BCUT2D eigenvalue weighted by atomic mass is 9.97. The standard InChI is InChI=1S/C23H17N3O3/c1-15-10-11-18(13-22(15)26(28)29)23(27)25-24-14-21-19-8-4-2-6-16(19)12-17-7-3-5-9-20(17)21/h2-14H,1H3,(H,25,27). The SMILES string of the molecule is Cc1ccc(C(=O)NN=Cc2c3ccccc3cc3ccccc23)cc1[N+](=O)[O-]. The minimum atomic E-state index is -0.506. The number of hydrogen-bond donors (Lipinski definition) is 1. The summed E-state index contributed by atoms with van der Waals surface area (Å²) >= 11 is 0. The van der Waals surface area contributed by atoms with E-state index in [2.05, 4.69) is 16.6 Å². The first-order valence-electron chi connectivity index (χ1n) is 9.03. The molecule has 0 saturated heterocycles. The Morgan fingerprint density at radius 2 is 1.59 bits per heavy atom. The van der Waals surface area contributed by atoms with E-state index in [1.807, 2.05) is 48.5 Å². The van der Waals surface area contributed by atoms with Crippen LogP contribution in [-0.4, -0.2) is 17.0 Å². The average Bonchev–Trinajstić information content (AvgIpc) is 2.73. The molecule has 0 heterocycles. The molecular weight excluding hydrogens is 366 g/mol. The zero-order valence-electron chi connectivity index (χ0n) is 15.6. The molecule has 0 fully saturated rings. The highest BCUT2D eigenvalue weighted by molar-refractivity contribution is 6.13. The summed E-state index contributed by atoms with van der Waals surface area (Å²) in [6.07, 6.45) is 1.62. The van der Waals surface area contributed by atoms with Crippen molar-refractivity contribution in [3.8, 4) is 0 Å². The zero-order chi connectivity index (χ0) is 20.4. The number of nitro benzene ring substituents is 1. The summed E-state index contributed by atoms with van der Waals surface area (Å²) in [6, 6.07) is 22.4. The van der Waals surface area contributed by atoms with Crippen molar-refractivity contribution in [3.05, 3.63) is 99.6 Å². The van der Waals surface area contributed by atoms with Gasteiger partial charge in [-0.3, -0.25) is 14.9 Å². The number of carbonyl (C=O) groups is 1. The van der Waals surface area contributed by atoms with Crippen LogP contribution in [0, 0.1) is 17.0 Å². The van der Waals surface area contributed by atoms with Gasteiger partial charge in [-0.1, -0.05) is 54.6 Å². The highest BCUT2D eigenvalue weighted by atomic mass is 16.6. The van der Waals surface area contributed by atoms with Gasteiger partial charge in [0, 0.05) is 22.8 Å². The van der Waals surface area contributed by atoms with E-state index in [0.717, 1.165) is 27.1 Å². The first kappa shape index (κ1) is 18.3. The Balaban J connectivity index is 1.67. The molecule has 0 aliphatic rings. The Labute approximate surface area is 166 Å². The number of nitrogens with one attached hydrogen (secondary N) is 1. The van der Waals surface area contributed by atoms with E-state index in [9.17, 15) is 14.9 Å². The molecule has 4 rings (SSSR count). The molecule has 0 aliphatic carbocycles. The molecule has 1 N–H and O–H groups in total. The molecule has 6 heteroatoms. The van der Waals surface area contributed by atoms with Crippen molar-refractivity contribution in [1.82, 2.24) is 5.43 Å². The topological polar surface area (TPSA) is 84.6 Å². The number of hydrogen-bond acceptors (Lipinski definition) is 4. The summed E-state index contributed by atoms with van der Waals surface area (Å²) in [4.78, 5) is 23.0. The Morgan fingerprint density at radius 3 is 2.21 bits per heavy atom. The number of rotatable bonds is 4. The van der Waals surface area contributed by atoms with Crippen molar-refractivity contribution in [1.29, 1.82) is 0 Å². The third kappa shape index (κ3) is 3.55. The normalized spacial score (nSPS) is 11.2. The minimum absolute atomic E-state index is 0.0957. The summed E-state index contributed by atoms with van der Waals surface area (Å²) in [5.41, 5.74) is 3.95. The molecule has 0 bridgehead atoms. The maximum Gasteiger partial charge on any atom is 0.273 e. The van der Waals surface area contributed by atoms with E-state index in [-0.39, 0.29) is 11.3 Å². The van der Waals surface area contributed by atoms with E-state index < -0.39 is 10.8 Å². The lowest BCUT2D eigenvalue weighted by Gasteiger charge is -2.08. The number of aryl methyl sites for hydroxylation is 1. The molecule has 0 radical (unpaired) electrons. The summed E-state index contributed by atoms with van der Waals surface area (Å²) in [5.74, 6) is -0.506. The second kappa shape index (κ2) is 7.52. The van der Waals surface area contributed by atoms with Crippen LogP contribution in [0.5, 0.6) is 0 Å². The number of amides is 1. The molecule has 4 aromatic carbocycles. The summed E-state index contributed by atoms with van der Waals surface area (Å²) in [5, 5.41) is 19.4. The second-order valence-electron chi connectivity index (χ2n) is 6.69. The van der Waals surface area contributed by atoms with Crippen LogP contribution in [0.1, 0.15) is 21.5 Å². The summed E-state index contributed by atoms with van der Waals surface area (Å²) < 4.78 is 0. The Hall–Kier alpha value is -4.06. The van der Waals surface area contributed by atoms with E-state index in [1.54, 1.807) is 25.3 Å². The predicted molar refractivity (Wildman–Crippen MR) is 114 cm³/mol. The van der Waals surface area contributed by atoms with Crippen molar-refractivity contribution < 1.29 is 9.72 Å². The number of nitro groups is 1. The van der Waals surface area contributed by atoms with E-state index in [0.29, 0.717) is 5.56 Å². The van der Waals surface area contributed by atoms with Gasteiger partial charge in [-0.05, 0) is 40.6 Å². The fraction of sp³-hybridized carbons (Fsp3) is 0.0435. The number of hydrazone groups is 1. The lowest BCUT2D eigenvalue weighted by Crippen LogP contribution is -2.18. The van der Waals surface area contributed by atoms with Crippen LogP contribution in [0.25, 0.3) is 21.5 Å². The Morgan fingerprint density at radius 1 is 0.966 bits per heavy atom. The van der Waals surface area contributed by atoms with Gasteiger partial charge in [0.2, 0.25) is 0 Å². The molecule has 1 amide bonds. The first-order chi connectivity index (χ1) is 14.0. The van der Waals surface area contributed by atoms with Crippen LogP contribution in [0.2, 0.25) is 0 Å². The highest BCUT2D eigenvalue weighted by Crippen LogP contribution is 2.27. The summed E-state index contributed by atoms with van der Waals surface area (Å²) in [6.45, 7) is 1.63. The minimum Gasteiger partial charge on any atom is -0.267 e. The van der Waals surface area contributed by atoms with Gasteiger partial charge in [-0.25, -0.2) is 5.43 Å². The fourth-order valence-corrected chi connectivity index (χ4v) is 3.36. The van der Waals surface area contributed by atoms with Crippen LogP contribution in [0.4, 0.5) is 5.69 Å². The molecule has 142 valence electrons. The molecule has 4 aromatic rings. The van der Waals surface area contributed by atoms with Crippen molar-refractivity contribution >= 4 is 39.4 Å². The lowest BCUT2D eigenvalue weighted by molar-refractivity contribution is -0.385. The number of fused-ring (bicyclic) bond motifs is 2. The van der Waals surface area contributed by atoms with Crippen molar-refractivity contribution in [3.63, 3.8) is 0 Å². The third-order valence-corrected chi connectivity index (χ3v) is 4.84. The quantitative estimate of drug-likeness (QED) is 0.234. The van der Waals surface area contributed by atoms with Gasteiger partial charge < -0.3 is 0 Å². The van der Waals surface area contributed by atoms with Gasteiger partial charge in [-0.2, -0.15) is 5.10 Å². The Kier molecular flexibility index (Phi) is 4.75. The molecule has 0 saturated carbocycles. The van der Waals surface area contributed by atoms with Gasteiger partial charge in [0.1, 0.15) is 0 Å². The van der Waals surface area contributed by atoms with Gasteiger partial charge in [-0.15, -0.1) is 0 Å². The fourth-order valence-electron chi connectivity index (χ4n) is 3.36. The smallest absolute Gasteiger partial charge is 0.267 e. The monoisotopic (exact) mass is 383 g/mol. The molecule has 0 unspecified atom stereocenters. The van der Waals surface area contributed by atoms with Crippen molar-refractivity contribution in [2.75, 3.05) is 0 Å². The second-order valence-corrected chi connectivity index (χ2v) is 6.69. The van der Waals surface area contributed by atoms with E-state index >= 15 is 0 Å². The maximum atomic E-state index is 12.4. The van der Waals surface area contributed by atoms with Crippen LogP contribution in [0.15, 0.2) is 77.9 Å². The van der Waals surface area contributed by atoms with Gasteiger partial charge in [0.15, 0.2) is 0 Å². The van der Waals surface area contributed by atoms with E-state index in [4.69, 9.17) is 0 Å². The van der Waals surface area contributed by atoms with Gasteiger partial charge in [0.05, 0.1) is 11.1 Å². The van der Waals surface area contributed by atoms with Crippen LogP contribution in [-0.2, 0) is 0 Å². The Bertz CT molecular complexity index is 1240. The van der Waals surface area contributed by atoms with Crippen LogP contribution < -0.4 is 5.43 Å². The van der Waals surface area contributed by atoms with Gasteiger partial charge in [0.25, 0.3) is 11.6 Å². The van der Waals surface area contributed by atoms with Crippen LogP contribution >= 0.6 is 0 Å². The number of nitrogens with zero attached hydrogens (tertiary/aromatic N) is 2. The van der Waals surface area contributed by atoms with Gasteiger partial charge >= 0.3 is 0 Å². The number of benzene rings is 4. The molecular formula is C23H17N3O3. The molecule has 0 aromatic heterocycles. The maximum absolute atomic E-state index is 12.4. The predicted octanol–water partition coefficient (Wildman–Crippen LogP) is 4.97. The van der Waals surface area contributed by atoms with Crippen LogP contribution in [0.3, 0.4) is 0 Å². The molecule has 0 aliphatic heterocycles. The molecule has 29 heavy (non-hydrogen) atoms. The number of carbonyl (C=O) groups excluding carboxylic acids is 1. The largest absolute Gasteiger partial charge is 0.273 e. The molecule has 0 atom stereocenters. The average molecular weight is 383 g/mol. The third-order valence-electron chi connectivity index (χ3n) is 4.84. The van der Waals surface area contributed by atoms with Crippen molar-refractivity contribution in [2.24, 2.45) is 5.10 Å². The first-order valence-corrected chi connectivity index (χ1v) is 9.03. The molecule has 0 spiro atoms.